The summed E-state index contributed by atoms with van der Waals surface area (Å²) in [6, 6.07) is 2.05. The second-order valence-electron chi connectivity index (χ2n) is 4.55. The summed E-state index contributed by atoms with van der Waals surface area (Å²) in [6.45, 7) is 4.69. The van der Waals surface area contributed by atoms with E-state index >= 15 is 0 Å². The minimum Gasteiger partial charge on any atom is -0.371 e. The molecule has 1 spiro atoms. The molecule has 1 aromatic heterocycles. The number of halogens is 1. The Morgan fingerprint density at radius 1 is 1.44 bits per heavy atom. The normalized spacial score (nSPS) is 22.5. The molecule has 16 heavy (non-hydrogen) atoms. The van der Waals surface area contributed by atoms with Crippen LogP contribution in [0.25, 0.3) is 0 Å². The Bertz CT molecular complexity index is 399. The van der Waals surface area contributed by atoms with Gasteiger partial charge >= 0.3 is 0 Å². The van der Waals surface area contributed by atoms with E-state index in [1.54, 1.807) is 0 Å². The Balaban J connectivity index is 1.85. The van der Waals surface area contributed by atoms with Crippen LogP contribution in [-0.2, 0) is 4.74 Å². The van der Waals surface area contributed by atoms with Crippen LogP contribution in [0.1, 0.15) is 18.7 Å². The van der Waals surface area contributed by atoms with Crippen LogP contribution in [0.15, 0.2) is 6.07 Å². The van der Waals surface area contributed by atoms with Gasteiger partial charge in [0.2, 0.25) is 0 Å². The topological polar surface area (TPSA) is 38.2 Å². The summed E-state index contributed by atoms with van der Waals surface area (Å²) in [5.74, 6) is 1.89. The molecule has 86 valence electrons. The zero-order valence-corrected chi connectivity index (χ0v) is 11.4. The molecule has 1 aliphatic heterocycles. The van der Waals surface area contributed by atoms with Crippen LogP contribution in [0.5, 0.6) is 0 Å². The van der Waals surface area contributed by atoms with Gasteiger partial charge in [0.25, 0.3) is 0 Å². The van der Waals surface area contributed by atoms with E-state index in [2.05, 4.69) is 43.5 Å². The Morgan fingerprint density at radius 2 is 2.25 bits per heavy atom. The predicted molar refractivity (Wildman–Crippen MR) is 69.6 cm³/mol. The second kappa shape index (κ2) is 3.80. The summed E-state index contributed by atoms with van der Waals surface area (Å²) in [6.07, 6.45) is 2.40. The van der Waals surface area contributed by atoms with Gasteiger partial charge in [-0.3, -0.25) is 0 Å². The summed E-state index contributed by atoms with van der Waals surface area (Å²) in [5.41, 5.74) is 0.155. The van der Waals surface area contributed by atoms with Crippen molar-refractivity contribution in [2.45, 2.75) is 25.4 Å². The standard InChI is InChI=1S/C11H14IN3O/c1-8-13-9(12)6-10(14-8)15-4-5-16-11(7-15)2-3-11/h6H,2-5,7H2,1H3. The highest BCUT2D eigenvalue weighted by Gasteiger charge is 2.47. The van der Waals surface area contributed by atoms with Crippen molar-refractivity contribution in [3.63, 3.8) is 0 Å². The van der Waals surface area contributed by atoms with Crippen LogP contribution in [0.3, 0.4) is 0 Å². The maximum Gasteiger partial charge on any atom is 0.133 e. The van der Waals surface area contributed by atoms with E-state index in [-0.39, 0.29) is 5.60 Å². The molecule has 1 saturated heterocycles. The molecule has 0 amide bonds. The minimum absolute atomic E-state index is 0.155. The smallest absolute Gasteiger partial charge is 0.133 e. The Morgan fingerprint density at radius 3 is 2.94 bits per heavy atom. The number of ether oxygens (including phenoxy) is 1. The molecule has 0 radical (unpaired) electrons. The van der Waals surface area contributed by atoms with Gasteiger partial charge in [0.15, 0.2) is 0 Å². The Labute approximate surface area is 109 Å². The first-order chi connectivity index (χ1) is 7.67. The monoisotopic (exact) mass is 331 g/mol. The molecule has 1 aliphatic carbocycles. The van der Waals surface area contributed by atoms with E-state index in [0.717, 1.165) is 35.0 Å². The molecular weight excluding hydrogens is 317 g/mol. The third-order valence-corrected chi connectivity index (χ3v) is 3.73. The average Bonchev–Trinajstić information content (AvgIpc) is 2.96. The van der Waals surface area contributed by atoms with E-state index in [0.29, 0.717) is 0 Å². The Kier molecular flexibility index (Phi) is 2.54. The van der Waals surface area contributed by atoms with Crippen molar-refractivity contribution in [3.8, 4) is 0 Å². The van der Waals surface area contributed by atoms with Crippen molar-refractivity contribution < 1.29 is 4.74 Å². The van der Waals surface area contributed by atoms with Gasteiger partial charge in [0.1, 0.15) is 15.3 Å². The fourth-order valence-corrected chi connectivity index (χ4v) is 2.79. The van der Waals surface area contributed by atoms with Crippen molar-refractivity contribution in [1.29, 1.82) is 0 Å². The van der Waals surface area contributed by atoms with Crippen LogP contribution in [0.4, 0.5) is 5.82 Å². The maximum atomic E-state index is 5.80. The van der Waals surface area contributed by atoms with Gasteiger partial charge in [-0.05, 0) is 42.4 Å². The fraction of sp³-hybridized carbons (Fsp3) is 0.636. The van der Waals surface area contributed by atoms with Crippen molar-refractivity contribution in [2.24, 2.45) is 0 Å². The lowest BCUT2D eigenvalue weighted by Crippen LogP contribution is -2.44. The number of rotatable bonds is 1. The number of morpholine rings is 1. The number of anilines is 1. The van der Waals surface area contributed by atoms with E-state index in [1.165, 1.54) is 12.8 Å². The second-order valence-corrected chi connectivity index (χ2v) is 5.65. The van der Waals surface area contributed by atoms with Crippen molar-refractivity contribution in [3.05, 3.63) is 15.6 Å². The van der Waals surface area contributed by atoms with Crippen molar-refractivity contribution in [1.82, 2.24) is 9.97 Å². The molecule has 0 atom stereocenters. The van der Waals surface area contributed by atoms with Crippen LogP contribution in [0, 0.1) is 10.6 Å². The first kappa shape index (κ1) is 10.7. The van der Waals surface area contributed by atoms with E-state index in [4.69, 9.17) is 4.74 Å². The quantitative estimate of drug-likeness (QED) is 0.581. The van der Waals surface area contributed by atoms with E-state index in [1.807, 2.05) is 6.92 Å². The number of aromatic nitrogens is 2. The van der Waals surface area contributed by atoms with Gasteiger partial charge in [-0.2, -0.15) is 0 Å². The lowest BCUT2D eigenvalue weighted by molar-refractivity contribution is 0.0203. The molecule has 1 saturated carbocycles. The molecule has 2 fully saturated rings. The molecule has 0 unspecified atom stereocenters. The van der Waals surface area contributed by atoms with Crippen LogP contribution >= 0.6 is 22.6 Å². The van der Waals surface area contributed by atoms with Crippen LogP contribution in [-0.4, -0.2) is 35.3 Å². The van der Waals surface area contributed by atoms with Gasteiger partial charge in [-0.25, -0.2) is 9.97 Å². The van der Waals surface area contributed by atoms with Gasteiger partial charge in [-0.15, -0.1) is 0 Å². The molecule has 0 N–H and O–H groups in total. The molecule has 0 aromatic carbocycles. The molecule has 1 aromatic rings. The summed E-state index contributed by atoms with van der Waals surface area (Å²) in [7, 11) is 0. The van der Waals surface area contributed by atoms with Gasteiger partial charge in [0, 0.05) is 19.2 Å². The van der Waals surface area contributed by atoms with Crippen LogP contribution < -0.4 is 4.90 Å². The summed E-state index contributed by atoms with van der Waals surface area (Å²) >= 11 is 2.24. The number of nitrogens with zero attached hydrogens (tertiary/aromatic N) is 3. The highest BCUT2D eigenvalue weighted by atomic mass is 127. The summed E-state index contributed by atoms with van der Waals surface area (Å²) in [4.78, 5) is 11.1. The third-order valence-electron chi connectivity index (χ3n) is 3.17. The first-order valence-corrected chi connectivity index (χ1v) is 6.65. The molecular formula is C11H14IN3O. The molecule has 4 nitrogen and oxygen atoms in total. The van der Waals surface area contributed by atoms with Gasteiger partial charge in [0.05, 0.1) is 12.2 Å². The highest BCUT2D eigenvalue weighted by Crippen LogP contribution is 2.42. The highest BCUT2D eigenvalue weighted by molar-refractivity contribution is 14.1. The number of hydrogen-bond acceptors (Lipinski definition) is 4. The largest absolute Gasteiger partial charge is 0.371 e. The molecule has 0 bridgehead atoms. The van der Waals surface area contributed by atoms with Crippen molar-refractivity contribution in [2.75, 3.05) is 24.6 Å². The molecule has 2 aliphatic rings. The van der Waals surface area contributed by atoms with Gasteiger partial charge in [-0.1, -0.05) is 0 Å². The van der Waals surface area contributed by atoms with E-state index < -0.39 is 0 Å². The number of aryl methyl sites for hydroxylation is 1. The van der Waals surface area contributed by atoms with Crippen LogP contribution in [0.2, 0.25) is 0 Å². The fourth-order valence-electron chi connectivity index (χ4n) is 2.16. The summed E-state index contributed by atoms with van der Waals surface area (Å²) < 4.78 is 6.81. The predicted octanol–water partition coefficient (Wildman–Crippen LogP) is 1.76. The minimum atomic E-state index is 0.155. The molecule has 2 heterocycles. The lowest BCUT2D eigenvalue weighted by atomic mass is 10.2. The molecule has 5 heteroatoms. The lowest BCUT2D eigenvalue weighted by Gasteiger charge is -2.34. The third kappa shape index (κ3) is 2.02. The maximum absolute atomic E-state index is 5.80. The average molecular weight is 331 g/mol. The van der Waals surface area contributed by atoms with Crippen molar-refractivity contribution >= 4 is 28.4 Å². The zero-order chi connectivity index (χ0) is 11.2. The molecule has 3 rings (SSSR count). The summed E-state index contributed by atoms with van der Waals surface area (Å²) in [5, 5.41) is 0. The van der Waals surface area contributed by atoms with Gasteiger partial charge < -0.3 is 9.64 Å². The Hall–Kier alpha value is -0.430. The zero-order valence-electron chi connectivity index (χ0n) is 9.24. The van der Waals surface area contributed by atoms with E-state index in [9.17, 15) is 0 Å². The number of hydrogen-bond donors (Lipinski definition) is 0. The first-order valence-electron chi connectivity index (χ1n) is 5.57. The SMILES string of the molecule is Cc1nc(I)cc(N2CCOC3(CC3)C2)n1.